The lowest BCUT2D eigenvalue weighted by molar-refractivity contribution is 1.31. The zero-order chi connectivity index (χ0) is 12.8. The quantitative estimate of drug-likeness (QED) is 0.723. The monoisotopic (exact) mass is 334 g/mol. The molecule has 0 aliphatic heterocycles. The largest absolute Gasteiger partial charge is 0.399 e. The molecular weight excluding hydrogens is 327 g/mol. The summed E-state index contributed by atoms with van der Waals surface area (Å²) >= 11 is 14.2. The van der Waals surface area contributed by atoms with E-state index in [0.29, 0.717) is 26.2 Å². The standard InChI is InChI=1S/C5H4BrClN2.C5H5ClN2/c6-4-3(8)1-2-9-5(4)7;6-5-3-4(7)1-2-8-5/h1-2H,(H2,8,9);1-3H,(H2,7,8). The molecule has 0 aliphatic rings. The van der Waals surface area contributed by atoms with Gasteiger partial charge in [0.05, 0.1) is 10.2 Å². The molecule has 2 aromatic rings. The first-order valence-corrected chi connectivity index (χ1v) is 5.98. The van der Waals surface area contributed by atoms with Gasteiger partial charge in [-0.15, -0.1) is 0 Å². The number of nitrogen functional groups attached to an aromatic ring is 2. The number of nitrogens with two attached hydrogens (primary N) is 2. The van der Waals surface area contributed by atoms with Crippen LogP contribution in [0.1, 0.15) is 0 Å². The zero-order valence-electron chi connectivity index (χ0n) is 8.57. The Morgan fingerprint density at radius 1 is 1.06 bits per heavy atom. The van der Waals surface area contributed by atoms with Gasteiger partial charge in [0.25, 0.3) is 0 Å². The summed E-state index contributed by atoms with van der Waals surface area (Å²) in [5, 5.41) is 0.833. The van der Waals surface area contributed by atoms with Gasteiger partial charge in [-0.3, -0.25) is 0 Å². The molecule has 2 rings (SSSR count). The van der Waals surface area contributed by atoms with Crippen LogP contribution in [0.15, 0.2) is 35.1 Å². The number of rotatable bonds is 0. The van der Waals surface area contributed by atoms with Gasteiger partial charge in [0.15, 0.2) is 0 Å². The fraction of sp³-hybridized carbons (Fsp3) is 0. The first-order chi connectivity index (χ1) is 8.00. The molecule has 0 atom stereocenters. The smallest absolute Gasteiger partial charge is 0.145 e. The highest BCUT2D eigenvalue weighted by Crippen LogP contribution is 2.24. The van der Waals surface area contributed by atoms with Crippen molar-refractivity contribution < 1.29 is 0 Å². The second-order valence-corrected chi connectivity index (χ2v) is 4.46. The molecule has 0 fully saturated rings. The van der Waals surface area contributed by atoms with Crippen molar-refractivity contribution in [1.82, 2.24) is 9.97 Å². The zero-order valence-corrected chi connectivity index (χ0v) is 11.7. The molecule has 0 saturated carbocycles. The number of hydrogen-bond donors (Lipinski definition) is 2. The number of aromatic nitrogens is 2. The highest BCUT2D eigenvalue weighted by Gasteiger charge is 1.98. The van der Waals surface area contributed by atoms with Crippen molar-refractivity contribution in [2.75, 3.05) is 11.5 Å². The van der Waals surface area contributed by atoms with Crippen LogP contribution in [0.5, 0.6) is 0 Å². The molecule has 0 bridgehead atoms. The number of nitrogens with zero attached hydrogens (tertiary/aromatic N) is 2. The molecule has 90 valence electrons. The lowest BCUT2D eigenvalue weighted by Gasteiger charge is -1.95. The van der Waals surface area contributed by atoms with E-state index in [9.17, 15) is 0 Å². The lowest BCUT2D eigenvalue weighted by atomic mass is 10.4. The van der Waals surface area contributed by atoms with Gasteiger partial charge in [-0.25, -0.2) is 9.97 Å². The molecule has 2 heterocycles. The molecule has 0 amide bonds. The predicted octanol–water partition coefficient (Wildman–Crippen LogP) is 3.40. The Hall–Kier alpha value is -1.04. The predicted molar refractivity (Wildman–Crippen MR) is 75.0 cm³/mol. The number of anilines is 2. The Morgan fingerprint density at radius 2 is 1.71 bits per heavy atom. The molecular formula is C10H9BrCl2N4. The van der Waals surface area contributed by atoms with E-state index < -0.39 is 0 Å². The van der Waals surface area contributed by atoms with Crippen molar-refractivity contribution in [1.29, 1.82) is 0 Å². The molecule has 0 radical (unpaired) electrons. The summed E-state index contributed by atoms with van der Waals surface area (Å²) in [5.74, 6) is 0. The van der Waals surface area contributed by atoms with E-state index in [4.69, 9.17) is 34.7 Å². The summed E-state index contributed by atoms with van der Waals surface area (Å²) in [7, 11) is 0. The van der Waals surface area contributed by atoms with E-state index in [1.165, 1.54) is 0 Å². The van der Waals surface area contributed by atoms with Crippen molar-refractivity contribution in [2.45, 2.75) is 0 Å². The molecule has 0 aromatic carbocycles. The van der Waals surface area contributed by atoms with Gasteiger partial charge in [0, 0.05) is 18.1 Å². The average molecular weight is 336 g/mol. The first kappa shape index (κ1) is 14.0. The number of halogens is 3. The second-order valence-electron chi connectivity index (χ2n) is 2.92. The fourth-order valence-electron chi connectivity index (χ4n) is 0.849. The van der Waals surface area contributed by atoms with Crippen LogP contribution in [0.25, 0.3) is 0 Å². The minimum absolute atomic E-state index is 0.398. The van der Waals surface area contributed by atoms with Crippen molar-refractivity contribution in [3.05, 3.63) is 45.4 Å². The first-order valence-electron chi connectivity index (χ1n) is 4.43. The van der Waals surface area contributed by atoms with Crippen LogP contribution in [-0.4, -0.2) is 9.97 Å². The Bertz CT molecular complexity index is 470. The molecule has 0 aliphatic carbocycles. The average Bonchev–Trinajstić information content (AvgIpc) is 2.26. The van der Waals surface area contributed by atoms with Gasteiger partial charge < -0.3 is 11.5 Å². The molecule has 7 heteroatoms. The van der Waals surface area contributed by atoms with Crippen LogP contribution in [-0.2, 0) is 0 Å². The van der Waals surface area contributed by atoms with E-state index in [2.05, 4.69) is 25.9 Å². The Labute approximate surface area is 117 Å². The van der Waals surface area contributed by atoms with Crippen molar-refractivity contribution in [3.8, 4) is 0 Å². The van der Waals surface area contributed by atoms with Crippen molar-refractivity contribution in [3.63, 3.8) is 0 Å². The summed E-state index contributed by atoms with van der Waals surface area (Å²) in [6.07, 6.45) is 3.13. The summed E-state index contributed by atoms with van der Waals surface area (Å²) < 4.78 is 0.659. The lowest BCUT2D eigenvalue weighted by Crippen LogP contribution is -1.87. The maximum Gasteiger partial charge on any atom is 0.145 e. The van der Waals surface area contributed by atoms with Gasteiger partial charge in [-0.2, -0.15) is 0 Å². The second kappa shape index (κ2) is 6.64. The Kier molecular flexibility index (Phi) is 5.47. The van der Waals surface area contributed by atoms with Gasteiger partial charge in [-0.1, -0.05) is 23.2 Å². The molecule has 4 N–H and O–H groups in total. The molecule has 0 saturated heterocycles. The van der Waals surface area contributed by atoms with Crippen LogP contribution < -0.4 is 11.5 Å². The van der Waals surface area contributed by atoms with Gasteiger partial charge in [0.2, 0.25) is 0 Å². The third-order valence-corrected chi connectivity index (χ3v) is 3.18. The summed E-state index contributed by atoms with van der Waals surface area (Å²) in [5.41, 5.74) is 12.0. The maximum atomic E-state index is 5.58. The van der Waals surface area contributed by atoms with E-state index in [1.54, 1.807) is 30.6 Å². The van der Waals surface area contributed by atoms with Crippen LogP contribution in [0.4, 0.5) is 11.4 Å². The van der Waals surface area contributed by atoms with Gasteiger partial charge >= 0.3 is 0 Å². The summed E-state index contributed by atoms with van der Waals surface area (Å²) in [6, 6.07) is 4.96. The van der Waals surface area contributed by atoms with Crippen molar-refractivity contribution in [2.24, 2.45) is 0 Å². The van der Waals surface area contributed by atoms with Crippen molar-refractivity contribution >= 4 is 50.5 Å². The van der Waals surface area contributed by atoms with Crippen LogP contribution >= 0.6 is 39.1 Å². The summed E-state index contributed by atoms with van der Waals surface area (Å²) in [4.78, 5) is 7.50. The van der Waals surface area contributed by atoms with E-state index in [1.807, 2.05) is 0 Å². The van der Waals surface area contributed by atoms with Crippen LogP contribution in [0.3, 0.4) is 0 Å². The minimum Gasteiger partial charge on any atom is -0.399 e. The highest BCUT2D eigenvalue weighted by atomic mass is 79.9. The molecule has 0 unspecified atom stereocenters. The third kappa shape index (κ3) is 4.77. The SMILES string of the molecule is Nc1ccnc(Cl)c1.Nc1ccnc(Cl)c1Br. The third-order valence-electron chi connectivity index (χ3n) is 1.63. The van der Waals surface area contributed by atoms with E-state index >= 15 is 0 Å². The topological polar surface area (TPSA) is 77.8 Å². The fourth-order valence-corrected chi connectivity index (χ4v) is 1.43. The normalized spacial score (nSPS) is 9.35. The van der Waals surface area contributed by atoms with Crippen LogP contribution in [0, 0.1) is 0 Å². The molecule has 2 aromatic heterocycles. The summed E-state index contributed by atoms with van der Waals surface area (Å²) in [6.45, 7) is 0. The highest BCUT2D eigenvalue weighted by molar-refractivity contribution is 9.10. The molecule has 17 heavy (non-hydrogen) atoms. The molecule has 0 spiro atoms. The Balaban J connectivity index is 0.000000171. The van der Waals surface area contributed by atoms with Gasteiger partial charge in [-0.05, 0) is 34.1 Å². The number of pyridine rings is 2. The number of hydrogen-bond acceptors (Lipinski definition) is 4. The maximum absolute atomic E-state index is 5.58. The van der Waals surface area contributed by atoms with Crippen LogP contribution in [0.2, 0.25) is 10.3 Å². The van der Waals surface area contributed by atoms with E-state index in [-0.39, 0.29) is 0 Å². The Morgan fingerprint density at radius 3 is 2.12 bits per heavy atom. The minimum atomic E-state index is 0.398. The van der Waals surface area contributed by atoms with Gasteiger partial charge in [0.1, 0.15) is 10.3 Å². The van der Waals surface area contributed by atoms with E-state index in [0.717, 1.165) is 0 Å². The molecule has 4 nitrogen and oxygen atoms in total.